The number of anilines is 1. The van der Waals surface area contributed by atoms with Gasteiger partial charge in [-0.05, 0) is 59.3 Å². The molecule has 0 saturated heterocycles. The molecular weight excluding hydrogens is 358 g/mol. The molecule has 2 aromatic carbocycles. The highest BCUT2D eigenvalue weighted by molar-refractivity contribution is 6.03. The first-order valence-corrected chi connectivity index (χ1v) is 8.60. The molecule has 0 atom stereocenters. The molecule has 1 N–H and O–H groups in total. The molecule has 0 radical (unpaired) electrons. The summed E-state index contributed by atoms with van der Waals surface area (Å²) >= 11 is 0. The van der Waals surface area contributed by atoms with Gasteiger partial charge in [-0.3, -0.25) is 4.79 Å². The average molecular weight is 375 g/mol. The van der Waals surface area contributed by atoms with Crippen molar-refractivity contribution in [3.8, 4) is 11.4 Å². The standard InChI is InChI=1S/C20H17N5O3/c1-14-11-16(7-8-18(14)25-13-21-23-24-25)22-20(26)19-15(9-10-27-19)12-28-17-5-3-2-4-6-17/h2-11,13H,12H2,1H3,(H,22,26). The van der Waals surface area contributed by atoms with Crippen molar-refractivity contribution in [1.82, 2.24) is 20.2 Å². The fraction of sp³-hybridized carbons (Fsp3) is 0.100. The molecule has 0 aliphatic rings. The van der Waals surface area contributed by atoms with Crippen LogP contribution in [0.4, 0.5) is 5.69 Å². The Morgan fingerprint density at radius 3 is 2.79 bits per heavy atom. The van der Waals surface area contributed by atoms with Gasteiger partial charge in [-0.25, -0.2) is 4.68 Å². The van der Waals surface area contributed by atoms with Gasteiger partial charge < -0.3 is 14.5 Å². The zero-order valence-electron chi connectivity index (χ0n) is 15.1. The van der Waals surface area contributed by atoms with E-state index in [-0.39, 0.29) is 18.3 Å². The summed E-state index contributed by atoms with van der Waals surface area (Å²) in [4.78, 5) is 12.6. The van der Waals surface area contributed by atoms with Crippen LogP contribution < -0.4 is 10.1 Å². The van der Waals surface area contributed by atoms with E-state index < -0.39 is 0 Å². The Labute approximate surface area is 160 Å². The number of aryl methyl sites for hydroxylation is 1. The highest BCUT2D eigenvalue weighted by Crippen LogP contribution is 2.20. The zero-order valence-corrected chi connectivity index (χ0v) is 15.1. The molecule has 4 rings (SSSR count). The number of carbonyl (C=O) groups is 1. The molecule has 0 bridgehead atoms. The lowest BCUT2D eigenvalue weighted by molar-refractivity contribution is 0.0993. The summed E-state index contributed by atoms with van der Waals surface area (Å²) < 4.78 is 12.6. The quantitative estimate of drug-likeness (QED) is 0.555. The van der Waals surface area contributed by atoms with E-state index in [2.05, 4.69) is 20.8 Å². The number of amides is 1. The van der Waals surface area contributed by atoms with E-state index in [0.29, 0.717) is 11.3 Å². The van der Waals surface area contributed by atoms with Crippen molar-refractivity contribution in [3.05, 3.63) is 84.1 Å². The average Bonchev–Trinajstić information content (AvgIpc) is 3.39. The minimum absolute atomic E-state index is 0.220. The van der Waals surface area contributed by atoms with E-state index in [0.717, 1.165) is 17.0 Å². The van der Waals surface area contributed by atoms with E-state index in [1.807, 2.05) is 49.4 Å². The van der Waals surface area contributed by atoms with Crippen molar-refractivity contribution >= 4 is 11.6 Å². The number of benzene rings is 2. The summed E-state index contributed by atoms with van der Waals surface area (Å²) in [6, 6.07) is 16.6. The predicted octanol–water partition coefficient (Wildman–Crippen LogP) is 3.40. The Kier molecular flexibility index (Phi) is 4.83. The lowest BCUT2D eigenvalue weighted by Crippen LogP contribution is -2.14. The monoisotopic (exact) mass is 375 g/mol. The molecule has 4 aromatic rings. The highest BCUT2D eigenvalue weighted by Gasteiger charge is 2.17. The number of nitrogens with one attached hydrogen (secondary N) is 1. The Bertz CT molecular complexity index is 1070. The number of furan rings is 1. The molecule has 0 fully saturated rings. The molecule has 2 aromatic heterocycles. The fourth-order valence-corrected chi connectivity index (χ4v) is 2.78. The van der Waals surface area contributed by atoms with Crippen molar-refractivity contribution in [2.24, 2.45) is 0 Å². The number of ether oxygens (including phenoxy) is 1. The number of carbonyl (C=O) groups excluding carboxylic acids is 1. The lowest BCUT2D eigenvalue weighted by atomic mass is 10.1. The number of hydrogen-bond donors (Lipinski definition) is 1. The Balaban J connectivity index is 1.46. The van der Waals surface area contributed by atoms with E-state index in [1.165, 1.54) is 12.6 Å². The number of para-hydroxylation sites is 1. The van der Waals surface area contributed by atoms with Gasteiger partial charge in [-0.2, -0.15) is 0 Å². The maximum Gasteiger partial charge on any atom is 0.291 e. The first-order valence-electron chi connectivity index (χ1n) is 8.60. The molecule has 28 heavy (non-hydrogen) atoms. The van der Waals surface area contributed by atoms with Crippen LogP contribution in [0.5, 0.6) is 5.75 Å². The second-order valence-corrected chi connectivity index (χ2v) is 6.09. The van der Waals surface area contributed by atoms with Crippen LogP contribution in [0.1, 0.15) is 21.7 Å². The number of aromatic nitrogens is 4. The molecular formula is C20H17N5O3. The normalized spacial score (nSPS) is 10.6. The van der Waals surface area contributed by atoms with E-state index in [1.54, 1.807) is 16.8 Å². The smallest absolute Gasteiger partial charge is 0.291 e. The molecule has 0 saturated carbocycles. The zero-order chi connectivity index (χ0) is 19.3. The molecule has 8 heteroatoms. The lowest BCUT2D eigenvalue weighted by Gasteiger charge is -2.09. The topological polar surface area (TPSA) is 95.1 Å². The van der Waals surface area contributed by atoms with Crippen LogP contribution in [-0.4, -0.2) is 26.1 Å². The SMILES string of the molecule is Cc1cc(NC(=O)c2occc2COc2ccccc2)ccc1-n1cnnn1. The molecule has 1 amide bonds. The third-order valence-corrected chi connectivity index (χ3v) is 4.14. The molecule has 2 heterocycles. The van der Waals surface area contributed by atoms with Gasteiger partial charge in [0.05, 0.1) is 12.0 Å². The number of tetrazole rings is 1. The third-order valence-electron chi connectivity index (χ3n) is 4.14. The summed E-state index contributed by atoms with van der Waals surface area (Å²) in [6.07, 6.45) is 2.99. The van der Waals surface area contributed by atoms with Crippen LogP contribution in [0, 0.1) is 6.92 Å². The first-order chi connectivity index (χ1) is 13.7. The van der Waals surface area contributed by atoms with Gasteiger partial charge in [0, 0.05) is 11.3 Å². The maximum absolute atomic E-state index is 12.6. The highest BCUT2D eigenvalue weighted by atomic mass is 16.5. The van der Waals surface area contributed by atoms with Crippen LogP contribution in [0.15, 0.2) is 71.6 Å². The van der Waals surface area contributed by atoms with E-state index >= 15 is 0 Å². The van der Waals surface area contributed by atoms with Crippen molar-refractivity contribution in [3.63, 3.8) is 0 Å². The summed E-state index contributed by atoms with van der Waals surface area (Å²) in [6.45, 7) is 2.15. The van der Waals surface area contributed by atoms with Gasteiger partial charge in [0.2, 0.25) is 0 Å². The van der Waals surface area contributed by atoms with Gasteiger partial charge in [-0.1, -0.05) is 18.2 Å². The van der Waals surface area contributed by atoms with Gasteiger partial charge in [0.15, 0.2) is 5.76 Å². The Hall–Kier alpha value is -3.94. The van der Waals surface area contributed by atoms with Crippen molar-refractivity contribution in [1.29, 1.82) is 0 Å². The van der Waals surface area contributed by atoms with Crippen molar-refractivity contribution in [2.75, 3.05) is 5.32 Å². The summed E-state index contributed by atoms with van der Waals surface area (Å²) in [5.41, 5.74) is 3.06. The largest absolute Gasteiger partial charge is 0.489 e. The molecule has 0 aliphatic heterocycles. The number of rotatable bonds is 6. The van der Waals surface area contributed by atoms with Crippen molar-refractivity contribution < 1.29 is 13.9 Å². The summed E-state index contributed by atoms with van der Waals surface area (Å²) in [5.74, 6) is 0.605. The van der Waals surface area contributed by atoms with E-state index in [4.69, 9.17) is 9.15 Å². The second-order valence-electron chi connectivity index (χ2n) is 6.09. The maximum atomic E-state index is 12.6. The van der Waals surface area contributed by atoms with E-state index in [9.17, 15) is 4.79 Å². The molecule has 0 aliphatic carbocycles. The van der Waals surface area contributed by atoms with Gasteiger partial charge >= 0.3 is 0 Å². The van der Waals surface area contributed by atoms with Crippen LogP contribution in [-0.2, 0) is 6.61 Å². The molecule has 8 nitrogen and oxygen atoms in total. The predicted molar refractivity (Wildman–Crippen MR) is 101 cm³/mol. The second kappa shape index (κ2) is 7.75. The van der Waals surface area contributed by atoms with Gasteiger partial charge in [-0.15, -0.1) is 5.10 Å². The minimum atomic E-state index is -0.341. The van der Waals surface area contributed by atoms with Gasteiger partial charge in [0.1, 0.15) is 18.7 Å². The van der Waals surface area contributed by atoms with Crippen LogP contribution in [0.25, 0.3) is 5.69 Å². The molecule has 0 unspecified atom stereocenters. The Morgan fingerprint density at radius 1 is 1.18 bits per heavy atom. The Morgan fingerprint density at radius 2 is 2.04 bits per heavy atom. The van der Waals surface area contributed by atoms with Crippen LogP contribution in [0.3, 0.4) is 0 Å². The first kappa shape index (κ1) is 17.5. The minimum Gasteiger partial charge on any atom is -0.489 e. The van der Waals surface area contributed by atoms with Crippen molar-refractivity contribution in [2.45, 2.75) is 13.5 Å². The van der Waals surface area contributed by atoms with Crippen LogP contribution in [0.2, 0.25) is 0 Å². The number of hydrogen-bond acceptors (Lipinski definition) is 6. The molecule has 0 spiro atoms. The van der Waals surface area contributed by atoms with Gasteiger partial charge in [0.25, 0.3) is 5.91 Å². The summed E-state index contributed by atoms with van der Waals surface area (Å²) in [5, 5.41) is 14.0. The fourth-order valence-electron chi connectivity index (χ4n) is 2.78. The molecule has 140 valence electrons. The third kappa shape index (κ3) is 3.75. The van der Waals surface area contributed by atoms with Crippen LogP contribution >= 0.6 is 0 Å². The summed E-state index contributed by atoms with van der Waals surface area (Å²) in [7, 11) is 0. The number of nitrogens with zero attached hydrogens (tertiary/aromatic N) is 4.